The number of anilines is 1. The standard InChI is InChI=1S/C22H27N8O8PS/c23-22-27-18-16(20(34)28-22)26-9-30(18)21-14(5-10(7-31)37-21)39(35,40)36-4-2-13-12(32)6-15(38-13)29-3-1-11-17(29)24-8-25-19(11)33/h1,3,8-10,12-15,21,31-32H,2,4-7H2,(H,35,40)(H,24,25,33)(H3,23,27,28,34)/t10-,12-,13+,14+,15+,21+,39+/m0/s1. The van der Waals surface area contributed by atoms with Gasteiger partial charge in [0.15, 0.2) is 11.2 Å². The minimum atomic E-state index is -3.69. The summed E-state index contributed by atoms with van der Waals surface area (Å²) in [4.78, 5) is 41.5. The van der Waals surface area contributed by atoms with Gasteiger partial charge < -0.3 is 39.5 Å². The molecule has 0 spiro atoms. The van der Waals surface area contributed by atoms with E-state index in [1.165, 1.54) is 17.2 Å². The predicted molar refractivity (Wildman–Crippen MR) is 144 cm³/mol. The number of hydrogen-bond donors (Lipinski definition) is 6. The molecule has 2 aliphatic rings. The molecule has 0 unspecified atom stereocenters. The number of hydrogen-bond acceptors (Lipinski definition) is 12. The zero-order chi connectivity index (χ0) is 28.2. The fourth-order valence-corrected chi connectivity index (χ4v) is 7.74. The Hall–Kier alpha value is -3.05. The summed E-state index contributed by atoms with van der Waals surface area (Å²) in [5.74, 6) is -0.123. The van der Waals surface area contributed by atoms with Crippen LogP contribution in [-0.2, 0) is 18.6 Å². The second-order valence-corrected chi connectivity index (χ2v) is 13.4. The van der Waals surface area contributed by atoms with Gasteiger partial charge in [0, 0.05) is 19.0 Å². The van der Waals surface area contributed by atoms with E-state index in [0.717, 1.165) is 0 Å². The third-order valence-electron chi connectivity index (χ3n) is 7.22. The lowest BCUT2D eigenvalue weighted by Gasteiger charge is -2.25. The number of aromatic nitrogens is 7. The molecule has 0 radical (unpaired) electrons. The van der Waals surface area contributed by atoms with Gasteiger partial charge >= 0.3 is 0 Å². The molecule has 2 aliphatic heterocycles. The lowest BCUT2D eigenvalue weighted by molar-refractivity contribution is -0.0265. The second kappa shape index (κ2) is 10.4. The highest BCUT2D eigenvalue weighted by molar-refractivity contribution is 8.46. The maximum atomic E-state index is 13.7. The number of aromatic amines is 2. The van der Waals surface area contributed by atoms with E-state index in [4.69, 9.17) is 19.7 Å². The van der Waals surface area contributed by atoms with Crippen LogP contribution in [0.5, 0.6) is 0 Å². The van der Waals surface area contributed by atoms with E-state index in [9.17, 15) is 24.4 Å². The number of aliphatic hydroxyl groups excluding tert-OH is 2. The number of aliphatic hydroxyl groups is 2. The number of rotatable bonds is 8. The van der Waals surface area contributed by atoms with Crippen molar-refractivity contribution in [1.29, 1.82) is 0 Å². The maximum Gasteiger partial charge on any atom is 0.280 e. The van der Waals surface area contributed by atoms with Crippen molar-refractivity contribution >= 4 is 47.0 Å². The summed E-state index contributed by atoms with van der Waals surface area (Å²) >= 11 is 4.38. The summed E-state index contributed by atoms with van der Waals surface area (Å²) in [5, 5.41) is 20.8. The number of thiol groups is 1. The maximum absolute atomic E-state index is 13.7. The molecule has 4 aromatic rings. The molecular formula is C22H27N8O8PS. The van der Waals surface area contributed by atoms with Crippen molar-refractivity contribution in [2.45, 2.75) is 55.7 Å². The number of nitrogens with zero attached hydrogens (tertiary/aromatic N) is 5. The van der Waals surface area contributed by atoms with Crippen LogP contribution in [0.4, 0.5) is 5.95 Å². The molecule has 214 valence electrons. The first kappa shape index (κ1) is 27.1. The van der Waals surface area contributed by atoms with E-state index in [1.54, 1.807) is 16.8 Å². The van der Waals surface area contributed by atoms with Crippen LogP contribution in [0.3, 0.4) is 0 Å². The van der Waals surface area contributed by atoms with E-state index < -0.39 is 48.6 Å². The van der Waals surface area contributed by atoms with Crippen molar-refractivity contribution in [2.75, 3.05) is 18.9 Å². The molecule has 4 aromatic heterocycles. The Morgan fingerprint density at radius 1 is 1.20 bits per heavy atom. The molecule has 18 heteroatoms. The molecule has 0 aromatic carbocycles. The van der Waals surface area contributed by atoms with Gasteiger partial charge in [-0.1, -0.05) is 12.2 Å². The van der Waals surface area contributed by atoms with E-state index in [1.807, 2.05) is 0 Å². The molecule has 0 aliphatic carbocycles. The Balaban J connectivity index is 1.15. The van der Waals surface area contributed by atoms with Gasteiger partial charge in [-0.2, -0.15) is 4.98 Å². The number of ether oxygens (including phenoxy) is 2. The third kappa shape index (κ3) is 4.76. The summed E-state index contributed by atoms with van der Waals surface area (Å²) in [6, 6.07) is 1.63. The number of H-pyrrole nitrogens is 2. The molecule has 2 fully saturated rings. The Morgan fingerprint density at radius 3 is 2.83 bits per heavy atom. The average Bonchev–Trinajstić information content (AvgIpc) is 3.69. The van der Waals surface area contributed by atoms with E-state index >= 15 is 0 Å². The molecular weight excluding hydrogens is 567 g/mol. The molecule has 2 saturated heterocycles. The number of imidazole rings is 1. The number of nitrogen functional groups attached to an aromatic ring is 1. The Labute approximate surface area is 230 Å². The van der Waals surface area contributed by atoms with Gasteiger partial charge in [0.1, 0.15) is 18.1 Å². The van der Waals surface area contributed by atoms with Crippen LogP contribution in [0.25, 0.3) is 22.2 Å². The van der Waals surface area contributed by atoms with Gasteiger partial charge in [0.25, 0.3) is 17.7 Å². The first-order valence-corrected chi connectivity index (χ1v) is 15.3. The highest BCUT2D eigenvalue weighted by Crippen LogP contribution is 2.63. The molecule has 6 heterocycles. The monoisotopic (exact) mass is 594 g/mol. The van der Waals surface area contributed by atoms with Crippen molar-refractivity contribution in [1.82, 2.24) is 34.1 Å². The largest absolute Gasteiger partial charge is 0.394 e. The number of fused-ring (bicyclic) bond motifs is 2. The normalized spacial score (nSPS) is 28.5. The van der Waals surface area contributed by atoms with Crippen LogP contribution < -0.4 is 16.9 Å². The topological polar surface area (TPSA) is 225 Å². The molecule has 6 rings (SSSR count). The fourth-order valence-electron chi connectivity index (χ4n) is 5.28. The summed E-state index contributed by atoms with van der Waals surface area (Å²) in [6.45, 7) is -4.08. The number of nitrogens with one attached hydrogen (secondary N) is 2. The Kier molecular flexibility index (Phi) is 7.06. The number of nitrogens with two attached hydrogens (primary N) is 1. The van der Waals surface area contributed by atoms with Crippen molar-refractivity contribution in [3.63, 3.8) is 0 Å². The lowest BCUT2D eigenvalue weighted by atomic mass is 10.1. The van der Waals surface area contributed by atoms with Gasteiger partial charge in [-0.25, -0.2) is 9.97 Å². The average molecular weight is 595 g/mol. The minimum Gasteiger partial charge on any atom is -0.394 e. The summed E-state index contributed by atoms with van der Waals surface area (Å²) in [6.07, 6.45) is 1.33. The van der Waals surface area contributed by atoms with E-state index in [2.05, 4.69) is 37.2 Å². The van der Waals surface area contributed by atoms with Crippen molar-refractivity contribution in [3.8, 4) is 0 Å². The van der Waals surface area contributed by atoms with Crippen molar-refractivity contribution < 1.29 is 28.8 Å². The van der Waals surface area contributed by atoms with Gasteiger partial charge in [0.2, 0.25) is 5.95 Å². The van der Waals surface area contributed by atoms with Crippen LogP contribution in [0, 0.1) is 0 Å². The Bertz CT molecular complexity index is 1720. The van der Waals surface area contributed by atoms with E-state index in [-0.39, 0.29) is 55.1 Å². The van der Waals surface area contributed by atoms with Crippen molar-refractivity contribution in [2.24, 2.45) is 0 Å². The molecule has 0 amide bonds. The zero-order valence-electron chi connectivity index (χ0n) is 20.9. The second-order valence-electron chi connectivity index (χ2n) is 9.72. The summed E-state index contributed by atoms with van der Waals surface area (Å²) in [7, 11) is 0. The van der Waals surface area contributed by atoms with Gasteiger partial charge in [-0.05, 0) is 12.5 Å². The van der Waals surface area contributed by atoms with Crippen LogP contribution >= 0.6 is 18.8 Å². The smallest absolute Gasteiger partial charge is 0.280 e. The highest BCUT2D eigenvalue weighted by atomic mass is 32.7. The third-order valence-corrected chi connectivity index (χ3v) is 10.3. The molecule has 7 atom stereocenters. The summed E-state index contributed by atoms with van der Waals surface area (Å²) in [5.41, 5.74) is 4.67. The van der Waals surface area contributed by atoms with Crippen LogP contribution in [-0.4, -0.2) is 81.5 Å². The predicted octanol–water partition coefficient (Wildman–Crippen LogP) is 0.266. The van der Waals surface area contributed by atoms with Gasteiger partial charge in [-0.15, -0.1) is 0 Å². The van der Waals surface area contributed by atoms with Gasteiger partial charge in [0.05, 0.1) is 55.2 Å². The molecule has 40 heavy (non-hydrogen) atoms. The van der Waals surface area contributed by atoms with Crippen LogP contribution in [0.15, 0.2) is 34.5 Å². The quantitative estimate of drug-likeness (QED) is 0.119. The fraction of sp³-hybridized carbons (Fsp3) is 0.500. The summed E-state index contributed by atoms with van der Waals surface area (Å²) < 4.78 is 34.6. The first-order chi connectivity index (χ1) is 19.2. The van der Waals surface area contributed by atoms with E-state index in [0.29, 0.717) is 11.0 Å². The minimum absolute atomic E-state index is 0.0242. The molecule has 16 nitrogen and oxygen atoms in total. The van der Waals surface area contributed by atoms with Crippen LogP contribution in [0.2, 0.25) is 0 Å². The van der Waals surface area contributed by atoms with Crippen LogP contribution in [0.1, 0.15) is 31.7 Å². The van der Waals surface area contributed by atoms with Crippen molar-refractivity contribution in [3.05, 3.63) is 45.6 Å². The lowest BCUT2D eigenvalue weighted by Crippen LogP contribution is -2.24. The van der Waals surface area contributed by atoms with Gasteiger partial charge in [-0.3, -0.25) is 23.7 Å². The molecule has 6 N–H and O–H groups in total. The molecule has 0 bridgehead atoms. The zero-order valence-corrected chi connectivity index (χ0v) is 22.6. The Morgan fingerprint density at radius 2 is 2.02 bits per heavy atom. The SMILES string of the molecule is Nc1nc2c(ncn2[C@@H]2O[C@H](CO)C[C@H]2[P@](=O)(S)OCC[C@H]2O[C@@H](n3ccc4c(=O)[nH]cnc43)C[C@@H]2O)c(=O)[nH]1. The highest BCUT2D eigenvalue weighted by Gasteiger charge is 2.47. The molecule has 0 saturated carbocycles. The first-order valence-electron chi connectivity index (χ1n) is 12.5.